The normalized spacial score (nSPS) is 11.6. The minimum absolute atomic E-state index is 0.130. The Bertz CT molecular complexity index is 428. The van der Waals surface area contributed by atoms with Gasteiger partial charge in [0.25, 0.3) is 0 Å². The molecule has 0 unspecified atom stereocenters. The average Bonchev–Trinajstić information content (AvgIpc) is 2.36. The number of carboxylic acids is 1. The summed E-state index contributed by atoms with van der Waals surface area (Å²) < 4.78 is 0.837. The molecule has 4 heteroatoms. The first-order chi connectivity index (χ1) is 8.41. The van der Waals surface area contributed by atoms with Crippen LogP contribution < -0.4 is 5.32 Å². The maximum absolute atomic E-state index is 10.8. The van der Waals surface area contributed by atoms with Crippen LogP contribution in [0.15, 0.2) is 22.7 Å². The second-order valence-electron chi connectivity index (χ2n) is 4.73. The number of hydrogen-bond donors (Lipinski definition) is 2. The number of hydrogen-bond acceptors (Lipinski definition) is 2. The third kappa shape index (κ3) is 3.82. The van der Waals surface area contributed by atoms with E-state index in [2.05, 4.69) is 42.0 Å². The summed E-state index contributed by atoms with van der Waals surface area (Å²) in [6.07, 6.45) is 2.13. The van der Waals surface area contributed by atoms with Crippen LogP contribution in [0.25, 0.3) is 0 Å². The van der Waals surface area contributed by atoms with Crippen LogP contribution >= 0.6 is 15.9 Å². The molecule has 0 spiro atoms. The quantitative estimate of drug-likeness (QED) is 0.839. The number of carboxylic acid groups (broad SMARTS) is 1. The smallest absolute Gasteiger partial charge is 0.335 e. The summed E-state index contributed by atoms with van der Waals surface area (Å²) in [6, 6.07) is 5.14. The molecule has 0 amide bonds. The number of halogens is 1. The summed E-state index contributed by atoms with van der Waals surface area (Å²) in [5.74, 6) is -0.901. The Hall–Kier alpha value is -0.870. The van der Waals surface area contributed by atoms with E-state index in [0.717, 1.165) is 29.4 Å². The molecule has 18 heavy (non-hydrogen) atoms. The standard InChI is InChI=1S/C14H20BrNO2/c1-4-14(3,5-2)16-9-11-7-6-10(13(17)18)8-12(11)15/h6-8,16H,4-5,9H2,1-3H3,(H,17,18). The predicted molar refractivity (Wildman–Crippen MR) is 76.9 cm³/mol. The monoisotopic (exact) mass is 313 g/mol. The summed E-state index contributed by atoms with van der Waals surface area (Å²) in [5.41, 5.74) is 1.51. The van der Waals surface area contributed by atoms with Crippen LogP contribution in [0.2, 0.25) is 0 Å². The van der Waals surface area contributed by atoms with E-state index in [1.807, 2.05) is 6.07 Å². The second kappa shape index (κ2) is 6.34. The van der Waals surface area contributed by atoms with E-state index in [9.17, 15) is 4.79 Å². The van der Waals surface area contributed by atoms with Crippen molar-refractivity contribution in [3.05, 3.63) is 33.8 Å². The number of aromatic carboxylic acids is 1. The van der Waals surface area contributed by atoms with Crippen LogP contribution in [-0.2, 0) is 6.54 Å². The Morgan fingerprint density at radius 1 is 1.39 bits per heavy atom. The largest absolute Gasteiger partial charge is 0.478 e. The van der Waals surface area contributed by atoms with E-state index in [1.54, 1.807) is 12.1 Å². The van der Waals surface area contributed by atoms with Crippen molar-refractivity contribution in [1.29, 1.82) is 0 Å². The summed E-state index contributed by atoms with van der Waals surface area (Å²) in [5, 5.41) is 12.4. The van der Waals surface area contributed by atoms with Gasteiger partial charge in [0.15, 0.2) is 0 Å². The minimum Gasteiger partial charge on any atom is -0.478 e. The summed E-state index contributed by atoms with van der Waals surface area (Å²) in [4.78, 5) is 10.8. The van der Waals surface area contributed by atoms with E-state index in [-0.39, 0.29) is 5.54 Å². The SMILES string of the molecule is CCC(C)(CC)NCc1ccc(C(=O)O)cc1Br. The maximum Gasteiger partial charge on any atom is 0.335 e. The number of carbonyl (C=O) groups is 1. The Morgan fingerprint density at radius 3 is 2.44 bits per heavy atom. The fourth-order valence-electron chi connectivity index (χ4n) is 1.63. The van der Waals surface area contributed by atoms with E-state index in [0.29, 0.717) is 5.56 Å². The fraction of sp³-hybridized carbons (Fsp3) is 0.500. The highest BCUT2D eigenvalue weighted by atomic mass is 79.9. The fourth-order valence-corrected chi connectivity index (χ4v) is 2.15. The first kappa shape index (κ1) is 15.2. The van der Waals surface area contributed by atoms with Gasteiger partial charge in [0.2, 0.25) is 0 Å². The molecule has 0 fully saturated rings. The Labute approximate surface area is 117 Å². The molecule has 3 nitrogen and oxygen atoms in total. The lowest BCUT2D eigenvalue weighted by Crippen LogP contribution is -2.40. The molecule has 1 rings (SSSR count). The van der Waals surface area contributed by atoms with E-state index in [1.165, 1.54) is 0 Å². The van der Waals surface area contributed by atoms with Crippen LogP contribution in [0.5, 0.6) is 0 Å². The summed E-state index contributed by atoms with van der Waals surface area (Å²) >= 11 is 3.42. The van der Waals surface area contributed by atoms with Gasteiger partial charge in [-0.15, -0.1) is 0 Å². The highest BCUT2D eigenvalue weighted by molar-refractivity contribution is 9.10. The molecule has 0 aliphatic heterocycles. The molecule has 0 aromatic heterocycles. The van der Waals surface area contributed by atoms with Crippen LogP contribution in [0.3, 0.4) is 0 Å². The molecule has 0 heterocycles. The molecule has 0 saturated carbocycles. The zero-order chi connectivity index (χ0) is 13.8. The lowest BCUT2D eigenvalue weighted by atomic mass is 9.95. The van der Waals surface area contributed by atoms with E-state index < -0.39 is 5.97 Å². The molecule has 0 aliphatic rings. The Kier molecular flexibility index (Phi) is 5.35. The van der Waals surface area contributed by atoms with Crippen LogP contribution in [0.4, 0.5) is 0 Å². The van der Waals surface area contributed by atoms with Gasteiger partial charge in [-0.05, 0) is 37.5 Å². The molecule has 1 aromatic carbocycles. The molecule has 0 aliphatic carbocycles. The Balaban J connectivity index is 2.77. The molecule has 0 bridgehead atoms. The molecule has 0 radical (unpaired) electrons. The zero-order valence-electron chi connectivity index (χ0n) is 11.1. The van der Waals surface area contributed by atoms with Gasteiger partial charge in [0.1, 0.15) is 0 Å². The highest BCUT2D eigenvalue weighted by Crippen LogP contribution is 2.21. The van der Waals surface area contributed by atoms with Crippen molar-refractivity contribution in [1.82, 2.24) is 5.32 Å². The highest BCUT2D eigenvalue weighted by Gasteiger charge is 2.18. The number of benzene rings is 1. The van der Waals surface area contributed by atoms with Gasteiger partial charge in [-0.2, -0.15) is 0 Å². The zero-order valence-corrected chi connectivity index (χ0v) is 12.7. The van der Waals surface area contributed by atoms with E-state index >= 15 is 0 Å². The van der Waals surface area contributed by atoms with Gasteiger partial charge in [0, 0.05) is 16.6 Å². The average molecular weight is 314 g/mol. The third-order valence-corrected chi connectivity index (χ3v) is 4.30. The van der Waals surface area contributed by atoms with E-state index in [4.69, 9.17) is 5.11 Å². The topological polar surface area (TPSA) is 49.3 Å². The van der Waals surface area contributed by atoms with Crippen molar-refractivity contribution in [2.75, 3.05) is 0 Å². The third-order valence-electron chi connectivity index (χ3n) is 3.57. The van der Waals surface area contributed by atoms with Crippen LogP contribution in [0.1, 0.15) is 49.5 Å². The van der Waals surface area contributed by atoms with Gasteiger partial charge in [0.05, 0.1) is 5.56 Å². The maximum atomic E-state index is 10.8. The molecule has 0 atom stereocenters. The first-order valence-electron chi connectivity index (χ1n) is 6.18. The molecule has 2 N–H and O–H groups in total. The lowest BCUT2D eigenvalue weighted by molar-refractivity contribution is 0.0697. The van der Waals surface area contributed by atoms with Gasteiger partial charge < -0.3 is 10.4 Å². The van der Waals surface area contributed by atoms with Crippen LogP contribution in [-0.4, -0.2) is 16.6 Å². The Morgan fingerprint density at radius 2 is 2.00 bits per heavy atom. The van der Waals surface area contributed by atoms with Gasteiger partial charge in [-0.25, -0.2) is 4.79 Å². The van der Waals surface area contributed by atoms with Crippen molar-refractivity contribution in [2.45, 2.75) is 45.7 Å². The molecule has 100 valence electrons. The van der Waals surface area contributed by atoms with Gasteiger partial charge in [-0.3, -0.25) is 0 Å². The van der Waals surface area contributed by atoms with Crippen molar-refractivity contribution in [3.63, 3.8) is 0 Å². The van der Waals surface area contributed by atoms with Crippen LogP contribution in [0, 0.1) is 0 Å². The second-order valence-corrected chi connectivity index (χ2v) is 5.59. The molecular weight excluding hydrogens is 294 g/mol. The number of rotatable bonds is 6. The first-order valence-corrected chi connectivity index (χ1v) is 6.98. The molecule has 1 aromatic rings. The predicted octanol–water partition coefficient (Wildman–Crippen LogP) is 3.82. The minimum atomic E-state index is -0.901. The molecule has 0 saturated heterocycles. The van der Waals surface area contributed by atoms with Gasteiger partial charge in [-0.1, -0.05) is 35.8 Å². The van der Waals surface area contributed by atoms with Crippen molar-refractivity contribution < 1.29 is 9.90 Å². The lowest BCUT2D eigenvalue weighted by Gasteiger charge is -2.28. The summed E-state index contributed by atoms with van der Waals surface area (Å²) in [6.45, 7) is 7.27. The molecular formula is C14H20BrNO2. The van der Waals surface area contributed by atoms with Crippen molar-refractivity contribution in [2.24, 2.45) is 0 Å². The summed E-state index contributed by atoms with van der Waals surface area (Å²) in [7, 11) is 0. The van der Waals surface area contributed by atoms with Crippen molar-refractivity contribution >= 4 is 21.9 Å². The van der Waals surface area contributed by atoms with Crippen molar-refractivity contribution in [3.8, 4) is 0 Å². The number of nitrogens with one attached hydrogen (secondary N) is 1. The van der Waals surface area contributed by atoms with Gasteiger partial charge >= 0.3 is 5.97 Å².